The van der Waals surface area contributed by atoms with E-state index in [9.17, 15) is 18.0 Å². The molecule has 0 aromatic heterocycles. The summed E-state index contributed by atoms with van der Waals surface area (Å²) in [6.45, 7) is 3.26. The number of rotatable bonds is 6. The Morgan fingerprint density at radius 2 is 1.60 bits per heavy atom. The van der Waals surface area contributed by atoms with E-state index < -0.39 is 27.4 Å². The molecule has 0 radical (unpaired) electrons. The van der Waals surface area contributed by atoms with Gasteiger partial charge in [0.1, 0.15) is 0 Å². The Kier molecular flexibility index (Phi) is 6.58. The van der Waals surface area contributed by atoms with E-state index in [4.69, 9.17) is 0 Å². The van der Waals surface area contributed by atoms with Crippen LogP contribution in [-0.4, -0.2) is 38.6 Å². The molecule has 2 atom stereocenters. The molecule has 1 saturated heterocycles. The number of amides is 2. The second kappa shape index (κ2) is 8.97. The van der Waals surface area contributed by atoms with Crippen LogP contribution in [0.15, 0.2) is 48.5 Å². The van der Waals surface area contributed by atoms with Gasteiger partial charge in [0.15, 0.2) is 0 Å². The molecular formula is C22H27N3O4S. The smallest absolute Gasteiger partial charge is 0.251 e. The Morgan fingerprint density at radius 3 is 2.13 bits per heavy atom. The van der Waals surface area contributed by atoms with Gasteiger partial charge < -0.3 is 10.6 Å². The van der Waals surface area contributed by atoms with Crippen LogP contribution in [-0.2, 0) is 14.8 Å². The molecule has 30 heavy (non-hydrogen) atoms. The summed E-state index contributed by atoms with van der Waals surface area (Å²) in [5.41, 5.74) is 3.34. The van der Waals surface area contributed by atoms with Gasteiger partial charge in [0.25, 0.3) is 5.91 Å². The second-order valence-corrected chi connectivity index (χ2v) is 9.95. The zero-order valence-corrected chi connectivity index (χ0v) is 18.1. The van der Waals surface area contributed by atoms with E-state index in [2.05, 4.69) is 15.4 Å². The van der Waals surface area contributed by atoms with E-state index in [0.717, 1.165) is 16.7 Å². The average molecular weight is 430 g/mol. The van der Waals surface area contributed by atoms with Gasteiger partial charge in [0, 0.05) is 25.1 Å². The van der Waals surface area contributed by atoms with Crippen molar-refractivity contribution in [3.63, 3.8) is 0 Å². The molecular weight excluding hydrogens is 402 g/mol. The SMILES string of the molecule is CNC(=O)c1ccc(-c2ccc(C3NC(=O)CCC3NS(=O)(=O)C(C)C)cc2)cc1. The van der Waals surface area contributed by atoms with Gasteiger partial charge >= 0.3 is 0 Å². The summed E-state index contributed by atoms with van der Waals surface area (Å²) in [6, 6.07) is 14.1. The highest BCUT2D eigenvalue weighted by Gasteiger charge is 2.33. The average Bonchev–Trinajstić information content (AvgIpc) is 2.74. The lowest BCUT2D eigenvalue weighted by Gasteiger charge is -2.33. The van der Waals surface area contributed by atoms with Gasteiger partial charge in [-0.15, -0.1) is 0 Å². The molecule has 0 saturated carbocycles. The van der Waals surface area contributed by atoms with Crippen LogP contribution in [0.3, 0.4) is 0 Å². The van der Waals surface area contributed by atoms with Gasteiger partial charge in [-0.05, 0) is 49.1 Å². The fraction of sp³-hybridized carbons (Fsp3) is 0.364. The molecule has 0 spiro atoms. The van der Waals surface area contributed by atoms with Crippen LogP contribution in [0.25, 0.3) is 11.1 Å². The van der Waals surface area contributed by atoms with Crippen molar-refractivity contribution < 1.29 is 18.0 Å². The normalized spacial score (nSPS) is 19.4. The van der Waals surface area contributed by atoms with Crippen LogP contribution in [0.1, 0.15) is 48.7 Å². The van der Waals surface area contributed by atoms with Gasteiger partial charge in [-0.3, -0.25) is 9.59 Å². The van der Waals surface area contributed by atoms with Gasteiger partial charge in [0.2, 0.25) is 15.9 Å². The maximum absolute atomic E-state index is 12.3. The fourth-order valence-corrected chi connectivity index (χ4v) is 4.38. The first-order valence-corrected chi connectivity index (χ1v) is 11.5. The number of piperidine rings is 1. The van der Waals surface area contributed by atoms with Gasteiger partial charge in [-0.25, -0.2) is 13.1 Å². The molecule has 2 aromatic carbocycles. The summed E-state index contributed by atoms with van der Waals surface area (Å²) in [5.74, 6) is -0.228. The number of carbonyl (C=O) groups is 2. The third kappa shape index (κ3) is 4.88. The zero-order chi connectivity index (χ0) is 21.9. The summed E-state index contributed by atoms with van der Waals surface area (Å²) in [4.78, 5) is 23.7. The van der Waals surface area contributed by atoms with Crippen LogP contribution >= 0.6 is 0 Å². The standard InChI is InChI=1S/C22H27N3O4S/c1-14(2)30(28,29)25-19-12-13-20(26)24-21(19)17-8-4-15(5-9-17)16-6-10-18(11-7-16)22(27)23-3/h4-11,14,19,21,25H,12-13H2,1-3H3,(H,23,27)(H,24,26). The van der Waals surface area contributed by atoms with Crippen molar-refractivity contribution in [2.45, 2.75) is 44.0 Å². The molecule has 3 rings (SSSR count). The Hall–Kier alpha value is -2.71. The van der Waals surface area contributed by atoms with Crippen molar-refractivity contribution in [1.29, 1.82) is 0 Å². The largest absolute Gasteiger partial charge is 0.355 e. The molecule has 2 unspecified atom stereocenters. The first kappa shape index (κ1) is 22.0. The Bertz CT molecular complexity index is 1020. The molecule has 160 valence electrons. The highest BCUT2D eigenvalue weighted by Crippen LogP contribution is 2.28. The van der Waals surface area contributed by atoms with Crippen molar-refractivity contribution in [3.05, 3.63) is 59.7 Å². The fourth-order valence-electron chi connectivity index (χ4n) is 3.43. The first-order valence-electron chi connectivity index (χ1n) is 9.94. The minimum Gasteiger partial charge on any atom is -0.355 e. The molecule has 1 fully saturated rings. The predicted molar refractivity (Wildman–Crippen MR) is 116 cm³/mol. The number of carbonyl (C=O) groups excluding carboxylic acids is 2. The summed E-state index contributed by atoms with van der Waals surface area (Å²) in [5, 5.41) is 4.97. The maximum Gasteiger partial charge on any atom is 0.251 e. The van der Waals surface area contributed by atoms with E-state index in [0.29, 0.717) is 12.0 Å². The van der Waals surface area contributed by atoms with Crippen LogP contribution in [0.2, 0.25) is 0 Å². The van der Waals surface area contributed by atoms with E-state index >= 15 is 0 Å². The second-order valence-electron chi connectivity index (χ2n) is 7.68. The highest BCUT2D eigenvalue weighted by molar-refractivity contribution is 7.90. The quantitative estimate of drug-likeness (QED) is 0.656. The van der Waals surface area contributed by atoms with Crippen LogP contribution < -0.4 is 15.4 Å². The number of nitrogens with one attached hydrogen (secondary N) is 3. The minimum atomic E-state index is -3.45. The third-order valence-corrected chi connectivity index (χ3v) is 7.19. The number of benzene rings is 2. The van der Waals surface area contributed by atoms with E-state index in [-0.39, 0.29) is 18.2 Å². The molecule has 2 aromatic rings. The van der Waals surface area contributed by atoms with Gasteiger partial charge in [-0.1, -0.05) is 36.4 Å². The molecule has 8 heteroatoms. The monoisotopic (exact) mass is 429 g/mol. The van der Waals surface area contributed by atoms with Crippen molar-refractivity contribution in [2.75, 3.05) is 7.05 Å². The minimum absolute atomic E-state index is 0.0890. The molecule has 3 N–H and O–H groups in total. The molecule has 0 bridgehead atoms. The Labute approximate surface area is 177 Å². The van der Waals surface area contributed by atoms with Crippen molar-refractivity contribution in [2.24, 2.45) is 0 Å². The molecule has 7 nitrogen and oxygen atoms in total. The first-order chi connectivity index (χ1) is 14.2. The highest BCUT2D eigenvalue weighted by atomic mass is 32.2. The Morgan fingerprint density at radius 1 is 1.03 bits per heavy atom. The number of sulfonamides is 1. The summed E-state index contributed by atoms with van der Waals surface area (Å²) < 4.78 is 27.4. The predicted octanol–water partition coefficient (Wildman–Crippen LogP) is 2.36. The summed E-state index contributed by atoms with van der Waals surface area (Å²) >= 11 is 0. The molecule has 1 heterocycles. The summed E-state index contributed by atoms with van der Waals surface area (Å²) in [6.07, 6.45) is 0.739. The zero-order valence-electron chi connectivity index (χ0n) is 17.3. The van der Waals surface area contributed by atoms with Gasteiger partial charge in [0.05, 0.1) is 11.3 Å². The number of hydrogen-bond acceptors (Lipinski definition) is 4. The van der Waals surface area contributed by atoms with E-state index in [1.54, 1.807) is 33.0 Å². The van der Waals surface area contributed by atoms with Crippen LogP contribution in [0, 0.1) is 0 Å². The van der Waals surface area contributed by atoms with E-state index in [1.807, 2.05) is 36.4 Å². The Balaban J connectivity index is 1.82. The number of hydrogen-bond donors (Lipinski definition) is 3. The lowest BCUT2D eigenvalue weighted by Crippen LogP contribution is -2.51. The van der Waals surface area contributed by atoms with Crippen LogP contribution in [0.5, 0.6) is 0 Å². The molecule has 0 aliphatic carbocycles. The molecule has 1 aliphatic heterocycles. The van der Waals surface area contributed by atoms with E-state index in [1.165, 1.54) is 0 Å². The van der Waals surface area contributed by atoms with Gasteiger partial charge in [-0.2, -0.15) is 0 Å². The molecule has 1 aliphatic rings. The topological polar surface area (TPSA) is 104 Å². The summed E-state index contributed by atoms with van der Waals surface area (Å²) in [7, 11) is -1.86. The van der Waals surface area contributed by atoms with Crippen molar-refractivity contribution in [3.8, 4) is 11.1 Å². The van der Waals surface area contributed by atoms with Crippen molar-refractivity contribution in [1.82, 2.24) is 15.4 Å². The lowest BCUT2D eigenvalue weighted by atomic mass is 9.91. The third-order valence-electron chi connectivity index (χ3n) is 5.31. The molecule has 2 amide bonds. The van der Waals surface area contributed by atoms with Crippen molar-refractivity contribution >= 4 is 21.8 Å². The van der Waals surface area contributed by atoms with Crippen LogP contribution in [0.4, 0.5) is 0 Å². The lowest BCUT2D eigenvalue weighted by molar-refractivity contribution is -0.123. The maximum atomic E-state index is 12.3.